The lowest BCUT2D eigenvalue weighted by Gasteiger charge is -2.32. The van der Waals surface area contributed by atoms with Crippen molar-refractivity contribution < 1.29 is 9.21 Å². The fourth-order valence-electron chi connectivity index (χ4n) is 4.08. The first kappa shape index (κ1) is 18.4. The Hall–Kier alpha value is -4.34. The number of carbonyl (C=O) groups excluding carboxylic acids is 1. The molecule has 1 aliphatic heterocycles. The number of amides is 1. The van der Waals surface area contributed by atoms with Gasteiger partial charge in [-0.05, 0) is 42.8 Å². The molecule has 0 saturated carbocycles. The van der Waals surface area contributed by atoms with Crippen molar-refractivity contribution in [3.05, 3.63) is 83.7 Å². The molecule has 158 valence electrons. The minimum atomic E-state index is -0.470. The van der Waals surface area contributed by atoms with E-state index in [9.17, 15) is 4.79 Å². The maximum Gasteiger partial charge on any atom is 0.312 e. The lowest BCUT2D eigenvalue weighted by molar-refractivity contribution is 0.0646. The lowest BCUT2D eigenvalue weighted by Crippen LogP contribution is -2.41. The highest BCUT2D eigenvalue weighted by Gasteiger charge is 2.38. The summed E-state index contributed by atoms with van der Waals surface area (Å²) in [4.78, 5) is 27.0. The highest BCUT2D eigenvalue weighted by molar-refractivity contribution is 5.90. The van der Waals surface area contributed by atoms with Crippen molar-refractivity contribution in [3.8, 4) is 11.6 Å². The van der Waals surface area contributed by atoms with E-state index in [1.165, 1.54) is 0 Å². The van der Waals surface area contributed by atoms with Gasteiger partial charge in [0.25, 0.3) is 5.89 Å². The molecule has 10 nitrogen and oxygen atoms in total. The predicted octanol–water partition coefficient (Wildman–Crippen LogP) is 2.60. The van der Waals surface area contributed by atoms with Gasteiger partial charge in [0.1, 0.15) is 11.7 Å². The number of hydrogen-bond donors (Lipinski definition) is 1. The van der Waals surface area contributed by atoms with Crippen LogP contribution in [0.2, 0.25) is 0 Å². The molecule has 1 amide bonds. The number of imidazole rings is 1. The zero-order valence-electron chi connectivity index (χ0n) is 17.1. The maximum absolute atomic E-state index is 13.5. The largest absolute Gasteiger partial charge is 0.411 e. The van der Waals surface area contributed by atoms with Gasteiger partial charge in [0.05, 0.1) is 23.2 Å². The number of nitrogens with one attached hydrogen (secondary N) is 1. The molecule has 0 spiro atoms. The Bertz CT molecular complexity index is 1430. The molecule has 10 heteroatoms. The summed E-state index contributed by atoms with van der Waals surface area (Å²) >= 11 is 0. The van der Waals surface area contributed by atoms with Crippen LogP contribution in [-0.2, 0) is 6.42 Å². The van der Waals surface area contributed by atoms with Crippen molar-refractivity contribution >= 4 is 11.4 Å². The molecule has 0 fully saturated rings. The number of carbonyl (C=O) groups is 1. The zero-order chi connectivity index (χ0) is 21.7. The summed E-state index contributed by atoms with van der Waals surface area (Å²) < 4.78 is 7.49. The number of hydrogen-bond acceptors (Lipinski definition) is 7. The minimum Gasteiger partial charge on any atom is -0.411 e. The normalized spacial score (nSPS) is 15.8. The smallest absolute Gasteiger partial charge is 0.312 e. The molecule has 6 heterocycles. The molecule has 1 aliphatic rings. The average molecular weight is 426 g/mol. The number of nitrogens with zero attached hydrogens (tertiary/aromatic N) is 7. The fourth-order valence-corrected chi connectivity index (χ4v) is 4.08. The van der Waals surface area contributed by atoms with Gasteiger partial charge in [0, 0.05) is 31.1 Å². The first-order chi connectivity index (χ1) is 15.7. The van der Waals surface area contributed by atoms with Crippen molar-refractivity contribution in [2.45, 2.75) is 19.4 Å². The van der Waals surface area contributed by atoms with Crippen molar-refractivity contribution in [3.63, 3.8) is 0 Å². The third-order valence-corrected chi connectivity index (χ3v) is 5.60. The van der Waals surface area contributed by atoms with Crippen LogP contribution in [0.4, 0.5) is 0 Å². The van der Waals surface area contributed by atoms with Crippen LogP contribution in [0.1, 0.15) is 39.4 Å². The van der Waals surface area contributed by atoms with Gasteiger partial charge in [-0.25, -0.2) is 9.50 Å². The second-order valence-electron chi connectivity index (χ2n) is 7.69. The molecule has 0 saturated heterocycles. The molecular formula is C22H18N8O2. The number of rotatable bonds is 3. The average Bonchev–Trinajstić information content (AvgIpc) is 3.57. The van der Waals surface area contributed by atoms with Crippen LogP contribution < -0.4 is 0 Å². The van der Waals surface area contributed by atoms with Crippen molar-refractivity contribution in [2.75, 3.05) is 6.54 Å². The van der Waals surface area contributed by atoms with Crippen LogP contribution in [0, 0.1) is 6.92 Å². The summed E-state index contributed by atoms with van der Waals surface area (Å²) in [6, 6.07) is 10.9. The number of aromatic nitrogens is 7. The molecule has 32 heavy (non-hydrogen) atoms. The molecule has 0 aromatic carbocycles. The van der Waals surface area contributed by atoms with Gasteiger partial charge in [0.2, 0.25) is 0 Å². The quantitative estimate of drug-likeness (QED) is 0.471. The molecule has 1 unspecified atom stereocenters. The van der Waals surface area contributed by atoms with Crippen molar-refractivity contribution in [2.24, 2.45) is 0 Å². The van der Waals surface area contributed by atoms with Crippen LogP contribution in [0.5, 0.6) is 0 Å². The highest BCUT2D eigenvalue weighted by atomic mass is 16.4. The number of H-pyrrole nitrogens is 1. The second-order valence-corrected chi connectivity index (χ2v) is 7.69. The summed E-state index contributed by atoms with van der Waals surface area (Å²) in [5, 5.41) is 12.7. The highest BCUT2D eigenvalue weighted by Crippen LogP contribution is 2.34. The van der Waals surface area contributed by atoms with Crippen LogP contribution in [0.3, 0.4) is 0 Å². The van der Waals surface area contributed by atoms with E-state index in [0.717, 1.165) is 28.2 Å². The number of pyridine rings is 2. The molecule has 5 aromatic heterocycles. The number of aryl methyl sites for hydroxylation is 1. The molecule has 0 aliphatic carbocycles. The van der Waals surface area contributed by atoms with Crippen molar-refractivity contribution in [1.29, 1.82) is 0 Å². The molecule has 0 radical (unpaired) electrons. The Kier molecular flexibility index (Phi) is 4.10. The Balaban J connectivity index is 1.40. The summed E-state index contributed by atoms with van der Waals surface area (Å²) in [6.07, 6.45) is 5.83. The van der Waals surface area contributed by atoms with Crippen LogP contribution in [0.25, 0.3) is 17.1 Å². The van der Waals surface area contributed by atoms with Gasteiger partial charge in [-0.2, -0.15) is 5.10 Å². The Morgan fingerprint density at radius 3 is 3.00 bits per heavy atom. The Morgan fingerprint density at radius 2 is 2.12 bits per heavy atom. The monoisotopic (exact) mass is 426 g/mol. The van der Waals surface area contributed by atoms with Crippen LogP contribution in [-0.4, -0.2) is 52.1 Å². The Morgan fingerprint density at radius 1 is 1.19 bits per heavy atom. The van der Waals surface area contributed by atoms with E-state index >= 15 is 0 Å². The summed E-state index contributed by atoms with van der Waals surface area (Å²) in [7, 11) is 0. The van der Waals surface area contributed by atoms with Gasteiger partial charge in [-0.3, -0.25) is 9.78 Å². The number of aromatic amines is 1. The lowest BCUT2D eigenvalue weighted by atomic mass is 9.99. The third-order valence-electron chi connectivity index (χ3n) is 5.60. The standard InChI is InChI=1S/C22H18N8O2/c1-13-5-9-30-14(10-13)11-17(28-30)19-18-15(24-12-25-18)6-8-29(19)22(31)21-27-26-20(32-21)16-4-2-3-7-23-16/h2-5,7,9-12,19H,6,8H2,1H3,(H,24,25). The van der Waals surface area contributed by atoms with E-state index in [0.29, 0.717) is 18.7 Å². The fraction of sp³-hybridized carbons (Fsp3) is 0.182. The van der Waals surface area contributed by atoms with E-state index < -0.39 is 6.04 Å². The van der Waals surface area contributed by atoms with Crippen LogP contribution >= 0.6 is 0 Å². The zero-order valence-corrected chi connectivity index (χ0v) is 17.1. The van der Waals surface area contributed by atoms with Gasteiger partial charge < -0.3 is 14.3 Å². The van der Waals surface area contributed by atoms with E-state index in [1.807, 2.05) is 37.4 Å². The first-order valence-corrected chi connectivity index (χ1v) is 10.2. The molecular weight excluding hydrogens is 408 g/mol. The molecule has 1 N–H and O–H groups in total. The summed E-state index contributed by atoms with van der Waals surface area (Å²) in [6.45, 7) is 2.50. The van der Waals surface area contributed by atoms with Gasteiger partial charge in [0.15, 0.2) is 0 Å². The van der Waals surface area contributed by atoms with Gasteiger partial charge >= 0.3 is 11.8 Å². The van der Waals surface area contributed by atoms with E-state index in [2.05, 4.69) is 25.1 Å². The molecule has 6 rings (SSSR count). The first-order valence-electron chi connectivity index (χ1n) is 10.2. The minimum absolute atomic E-state index is 0.0887. The van der Waals surface area contributed by atoms with E-state index in [1.54, 1.807) is 34.1 Å². The third kappa shape index (κ3) is 2.96. The van der Waals surface area contributed by atoms with E-state index in [-0.39, 0.29) is 17.7 Å². The van der Waals surface area contributed by atoms with E-state index in [4.69, 9.17) is 9.52 Å². The van der Waals surface area contributed by atoms with Gasteiger partial charge in [-0.1, -0.05) is 6.07 Å². The second kappa shape index (κ2) is 7.12. The predicted molar refractivity (Wildman–Crippen MR) is 113 cm³/mol. The van der Waals surface area contributed by atoms with Crippen LogP contribution in [0.15, 0.2) is 59.5 Å². The topological polar surface area (TPSA) is 118 Å². The van der Waals surface area contributed by atoms with Gasteiger partial charge in [-0.15, -0.1) is 10.2 Å². The number of fused-ring (bicyclic) bond motifs is 2. The molecule has 1 atom stereocenters. The van der Waals surface area contributed by atoms with Crippen molar-refractivity contribution in [1.82, 2.24) is 39.7 Å². The Labute approximate surface area is 181 Å². The SMILES string of the molecule is Cc1ccn2nc(C3c4nc[nH]c4CCN3C(=O)c3nnc(-c4ccccn4)o3)cc2c1. The maximum atomic E-state index is 13.5. The summed E-state index contributed by atoms with van der Waals surface area (Å²) in [5.41, 5.74) is 5.08. The summed E-state index contributed by atoms with van der Waals surface area (Å²) in [5.74, 6) is -0.257. The molecule has 5 aromatic rings. The molecule has 0 bridgehead atoms.